The zero-order valence-corrected chi connectivity index (χ0v) is 9.20. The molecule has 0 spiro atoms. The number of hydrogen-bond acceptors (Lipinski definition) is 1. The van der Waals surface area contributed by atoms with Gasteiger partial charge < -0.3 is 5.32 Å². The van der Waals surface area contributed by atoms with Crippen LogP contribution in [0.15, 0.2) is 22.7 Å². The molecule has 1 aromatic carbocycles. The van der Waals surface area contributed by atoms with Crippen molar-refractivity contribution < 1.29 is 4.39 Å². The average molecular weight is 246 g/mol. The highest BCUT2D eigenvalue weighted by Gasteiger charge is 1.99. The van der Waals surface area contributed by atoms with E-state index in [2.05, 4.69) is 28.2 Å². The second kappa shape index (κ2) is 5.35. The van der Waals surface area contributed by atoms with Crippen LogP contribution in [-0.2, 0) is 6.54 Å². The molecule has 0 aromatic heterocycles. The van der Waals surface area contributed by atoms with Gasteiger partial charge in [0.05, 0.1) is 4.47 Å². The summed E-state index contributed by atoms with van der Waals surface area (Å²) >= 11 is 3.12. The summed E-state index contributed by atoms with van der Waals surface area (Å²) < 4.78 is 13.5. The fourth-order valence-corrected chi connectivity index (χ4v) is 1.31. The van der Waals surface area contributed by atoms with Crippen molar-refractivity contribution in [3.63, 3.8) is 0 Å². The van der Waals surface area contributed by atoms with E-state index < -0.39 is 0 Å². The highest BCUT2D eigenvalue weighted by atomic mass is 79.9. The quantitative estimate of drug-likeness (QED) is 0.805. The van der Waals surface area contributed by atoms with Gasteiger partial charge in [0, 0.05) is 6.54 Å². The molecule has 72 valence electrons. The largest absolute Gasteiger partial charge is 0.313 e. The molecule has 0 radical (unpaired) electrons. The highest BCUT2D eigenvalue weighted by molar-refractivity contribution is 9.10. The minimum atomic E-state index is -0.198. The maximum absolute atomic E-state index is 13.0. The van der Waals surface area contributed by atoms with Crippen molar-refractivity contribution in [3.8, 4) is 0 Å². The number of halogens is 2. The predicted molar refractivity (Wildman–Crippen MR) is 56.1 cm³/mol. The van der Waals surface area contributed by atoms with Gasteiger partial charge in [-0.05, 0) is 46.6 Å². The Kier molecular flexibility index (Phi) is 4.39. The van der Waals surface area contributed by atoms with Crippen molar-refractivity contribution in [3.05, 3.63) is 34.1 Å². The summed E-state index contributed by atoms with van der Waals surface area (Å²) in [5.74, 6) is -0.198. The van der Waals surface area contributed by atoms with Crippen molar-refractivity contribution in [2.75, 3.05) is 6.54 Å². The first kappa shape index (κ1) is 10.7. The molecule has 0 amide bonds. The first-order valence-electron chi connectivity index (χ1n) is 4.38. The Morgan fingerprint density at radius 1 is 1.46 bits per heavy atom. The van der Waals surface area contributed by atoms with Gasteiger partial charge in [0.2, 0.25) is 0 Å². The molecule has 1 N–H and O–H groups in total. The van der Waals surface area contributed by atoms with Crippen LogP contribution < -0.4 is 5.32 Å². The lowest BCUT2D eigenvalue weighted by Gasteiger charge is -2.03. The zero-order chi connectivity index (χ0) is 9.68. The lowest BCUT2D eigenvalue weighted by Crippen LogP contribution is -2.13. The Labute approximate surface area is 86.5 Å². The van der Waals surface area contributed by atoms with Crippen LogP contribution in [0.25, 0.3) is 0 Å². The number of hydrogen-bond donors (Lipinski definition) is 1. The van der Waals surface area contributed by atoms with Crippen LogP contribution in [0.4, 0.5) is 4.39 Å². The molecular formula is C10H13BrFN. The van der Waals surface area contributed by atoms with Gasteiger partial charge in [-0.3, -0.25) is 0 Å². The molecule has 0 aliphatic carbocycles. The molecule has 1 aromatic rings. The van der Waals surface area contributed by atoms with Gasteiger partial charge >= 0.3 is 0 Å². The van der Waals surface area contributed by atoms with E-state index in [9.17, 15) is 4.39 Å². The molecule has 0 atom stereocenters. The third-order valence-corrected chi connectivity index (χ3v) is 2.38. The Balaban J connectivity index is 2.53. The van der Waals surface area contributed by atoms with Crippen LogP contribution in [0.1, 0.15) is 18.9 Å². The van der Waals surface area contributed by atoms with E-state index in [0.717, 1.165) is 25.1 Å². The Hall–Kier alpha value is -0.410. The fourth-order valence-electron chi connectivity index (χ4n) is 1.06. The molecule has 0 bridgehead atoms. The van der Waals surface area contributed by atoms with E-state index in [-0.39, 0.29) is 5.82 Å². The topological polar surface area (TPSA) is 12.0 Å². The maximum atomic E-state index is 13.0. The summed E-state index contributed by atoms with van der Waals surface area (Å²) in [4.78, 5) is 0. The molecule has 1 nitrogen and oxygen atoms in total. The second-order valence-corrected chi connectivity index (χ2v) is 3.78. The van der Waals surface area contributed by atoms with E-state index in [1.165, 1.54) is 0 Å². The number of nitrogens with one attached hydrogen (secondary N) is 1. The Morgan fingerprint density at radius 2 is 2.23 bits per heavy atom. The molecule has 0 aliphatic rings. The van der Waals surface area contributed by atoms with Gasteiger partial charge in [-0.25, -0.2) is 4.39 Å². The molecule has 0 aliphatic heterocycles. The first-order valence-corrected chi connectivity index (χ1v) is 5.18. The van der Waals surface area contributed by atoms with Crippen LogP contribution >= 0.6 is 15.9 Å². The average Bonchev–Trinajstić information content (AvgIpc) is 2.12. The van der Waals surface area contributed by atoms with Gasteiger partial charge in [0.15, 0.2) is 0 Å². The van der Waals surface area contributed by atoms with Crippen LogP contribution in [0.5, 0.6) is 0 Å². The van der Waals surface area contributed by atoms with Gasteiger partial charge in [-0.15, -0.1) is 0 Å². The van der Waals surface area contributed by atoms with Gasteiger partial charge in [0.25, 0.3) is 0 Å². The van der Waals surface area contributed by atoms with E-state index >= 15 is 0 Å². The van der Waals surface area contributed by atoms with Crippen LogP contribution in [0, 0.1) is 5.82 Å². The molecule has 0 saturated carbocycles. The van der Waals surface area contributed by atoms with Crippen molar-refractivity contribution in [1.82, 2.24) is 5.32 Å². The zero-order valence-electron chi connectivity index (χ0n) is 7.61. The Morgan fingerprint density at radius 3 is 2.85 bits per heavy atom. The fraction of sp³-hybridized carbons (Fsp3) is 0.400. The van der Waals surface area contributed by atoms with E-state index in [1.807, 2.05) is 6.07 Å². The minimum absolute atomic E-state index is 0.198. The number of benzene rings is 1. The lowest BCUT2D eigenvalue weighted by molar-refractivity contribution is 0.613. The lowest BCUT2D eigenvalue weighted by atomic mass is 10.2. The number of rotatable bonds is 4. The maximum Gasteiger partial charge on any atom is 0.137 e. The molecule has 3 heteroatoms. The third kappa shape index (κ3) is 3.44. The van der Waals surface area contributed by atoms with Crippen molar-refractivity contribution in [1.29, 1.82) is 0 Å². The minimum Gasteiger partial charge on any atom is -0.313 e. The normalized spacial score (nSPS) is 10.4. The van der Waals surface area contributed by atoms with Gasteiger partial charge in [-0.2, -0.15) is 0 Å². The summed E-state index contributed by atoms with van der Waals surface area (Å²) in [5, 5.41) is 3.22. The smallest absolute Gasteiger partial charge is 0.137 e. The summed E-state index contributed by atoms with van der Waals surface area (Å²) in [6.07, 6.45) is 1.10. The molecule has 13 heavy (non-hydrogen) atoms. The molecule has 0 unspecified atom stereocenters. The van der Waals surface area contributed by atoms with Crippen molar-refractivity contribution in [2.45, 2.75) is 19.9 Å². The van der Waals surface area contributed by atoms with Crippen LogP contribution in [0.3, 0.4) is 0 Å². The Bertz CT molecular complexity index is 276. The third-order valence-electron chi connectivity index (χ3n) is 1.74. The molecule has 1 rings (SSSR count). The van der Waals surface area contributed by atoms with E-state index in [1.54, 1.807) is 12.1 Å². The molecular weight excluding hydrogens is 233 g/mol. The first-order chi connectivity index (χ1) is 6.24. The monoisotopic (exact) mass is 245 g/mol. The molecule has 0 fully saturated rings. The predicted octanol–water partition coefficient (Wildman–Crippen LogP) is 3.09. The standard InChI is InChI=1S/C10H13BrFN/c1-2-5-13-7-8-3-4-9(11)10(12)6-8/h3-4,6,13H,2,5,7H2,1H3. The SMILES string of the molecule is CCCNCc1ccc(Br)c(F)c1. The highest BCUT2D eigenvalue weighted by Crippen LogP contribution is 2.16. The van der Waals surface area contributed by atoms with E-state index in [0.29, 0.717) is 4.47 Å². The van der Waals surface area contributed by atoms with Crippen LogP contribution in [-0.4, -0.2) is 6.54 Å². The summed E-state index contributed by atoms with van der Waals surface area (Å²) in [7, 11) is 0. The van der Waals surface area contributed by atoms with Crippen LogP contribution in [0.2, 0.25) is 0 Å². The van der Waals surface area contributed by atoms with Crippen molar-refractivity contribution in [2.24, 2.45) is 0 Å². The molecule has 0 saturated heterocycles. The van der Waals surface area contributed by atoms with E-state index in [4.69, 9.17) is 0 Å². The van der Waals surface area contributed by atoms with Gasteiger partial charge in [0.1, 0.15) is 5.82 Å². The summed E-state index contributed by atoms with van der Waals surface area (Å²) in [6, 6.07) is 5.20. The summed E-state index contributed by atoms with van der Waals surface area (Å²) in [5.41, 5.74) is 0.981. The summed E-state index contributed by atoms with van der Waals surface area (Å²) in [6.45, 7) is 3.81. The second-order valence-electron chi connectivity index (χ2n) is 2.93. The van der Waals surface area contributed by atoms with Crippen molar-refractivity contribution >= 4 is 15.9 Å². The molecule has 0 heterocycles. The van der Waals surface area contributed by atoms with Gasteiger partial charge in [-0.1, -0.05) is 13.0 Å².